The molecule has 0 saturated heterocycles. The molecule has 0 unspecified atom stereocenters. The number of methoxy groups -OCH3 is 1. The van der Waals surface area contributed by atoms with E-state index in [0.29, 0.717) is 23.7 Å². The van der Waals surface area contributed by atoms with Gasteiger partial charge < -0.3 is 15.0 Å². The summed E-state index contributed by atoms with van der Waals surface area (Å²) in [6, 6.07) is 10.6. The quantitative estimate of drug-likeness (QED) is 0.418. The van der Waals surface area contributed by atoms with Crippen LogP contribution in [0.3, 0.4) is 0 Å². The molecular weight excluding hydrogens is 525 g/mol. The standard InChI is InChI=1S/C25H33Cl2N3O5S/c1-6-22(25(32)28-14-17(2)3)29(15-18-7-9-19(26)10-8-18)24(31)16-30(36(5,33)34)20-11-12-23(35-4)21(27)13-20/h7-13,17,22H,6,14-16H2,1-5H3,(H,28,32)/t22-/m0/s1. The number of halogens is 2. The summed E-state index contributed by atoms with van der Waals surface area (Å²) >= 11 is 12.2. The molecule has 2 aromatic carbocycles. The number of hydrogen-bond donors (Lipinski definition) is 1. The maximum Gasteiger partial charge on any atom is 0.244 e. The van der Waals surface area contributed by atoms with E-state index in [9.17, 15) is 18.0 Å². The zero-order valence-corrected chi connectivity index (χ0v) is 23.5. The van der Waals surface area contributed by atoms with Crippen molar-refractivity contribution >= 4 is 50.7 Å². The largest absolute Gasteiger partial charge is 0.495 e. The third-order valence-corrected chi connectivity index (χ3v) is 7.13. The molecule has 0 radical (unpaired) electrons. The van der Waals surface area contributed by atoms with Gasteiger partial charge in [-0.2, -0.15) is 0 Å². The SMILES string of the molecule is CC[C@@H](C(=O)NCC(C)C)N(Cc1ccc(Cl)cc1)C(=O)CN(c1ccc(OC)c(Cl)c1)S(C)(=O)=O. The van der Waals surface area contributed by atoms with Gasteiger partial charge in [-0.05, 0) is 48.2 Å². The van der Waals surface area contributed by atoms with Gasteiger partial charge in [-0.1, -0.05) is 56.1 Å². The van der Waals surface area contributed by atoms with Gasteiger partial charge in [0.1, 0.15) is 18.3 Å². The second-order valence-corrected chi connectivity index (χ2v) is 11.6. The lowest BCUT2D eigenvalue weighted by atomic mass is 10.1. The number of sulfonamides is 1. The summed E-state index contributed by atoms with van der Waals surface area (Å²) in [5.74, 6) is -0.231. The van der Waals surface area contributed by atoms with Crippen molar-refractivity contribution in [2.45, 2.75) is 39.8 Å². The van der Waals surface area contributed by atoms with Crippen LogP contribution in [-0.2, 0) is 26.2 Å². The van der Waals surface area contributed by atoms with E-state index in [1.165, 1.54) is 30.2 Å². The number of anilines is 1. The van der Waals surface area contributed by atoms with Crippen LogP contribution >= 0.6 is 23.2 Å². The van der Waals surface area contributed by atoms with E-state index >= 15 is 0 Å². The fraction of sp³-hybridized carbons (Fsp3) is 0.440. The lowest BCUT2D eigenvalue weighted by Crippen LogP contribution is -2.52. The summed E-state index contributed by atoms with van der Waals surface area (Å²) in [4.78, 5) is 28.1. The average Bonchev–Trinajstić information content (AvgIpc) is 2.81. The molecule has 2 amide bonds. The number of hydrogen-bond acceptors (Lipinski definition) is 5. The van der Waals surface area contributed by atoms with Crippen molar-refractivity contribution in [3.05, 3.63) is 58.1 Å². The summed E-state index contributed by atoms with van der Waals surface area (Å²) in [5, 5.41) is 3.62. The zero-order valence-electron chi connectivity index (χ0n) is 21.1. The van der Waals surface area contributed by atoms with Crippen LogP contribution in [-0.4, -0.2) is 57.6 Å². The first-order valence-electron chi connectivity index (χ1n) is 11.5. The van der Waals surface area contributed by atoms with E-state index < -0.39 is 28.5 Å². The van der Waals surface area contributed by atoms with Crippen LogP contribution in [0, 0.1) is 5.92 Å². The topological polar surface area (TPSA) is 96.0 Å². The number of carbonyl (C=O) groups is 2. The number of ether oxygens (including phenoxy) is 1. The van der Waals surface area contributed by atoms with E-state index in [0.717, 1.165) is 16.1 Å². The number of nitrogens with zero attached hydrogens (tertiary/aromatic N) is 2. The first kappa shape index (κ1) is 29.7. The molecular formula is C25H33Cl2N3O5S. The highest BCUT2D eigenvalue weighted by molar-refractivity contribution is 7.92. The number of nitrogens with one attached hydrogen (secondary N) is 1. The Morgan fingerprint density at radius 2 is 1.72 bits per heavy atom. The van der Waals surface area contributed by atoms with Crippen molar-refractivity contribution < 1.29 is 22.7 Å². The summed E-state index contributed by atoms with van der Waals surface area (Å²) in [6.45, 7) is 5.80. The predicted molar refractivity (Wildman–Crippen MR) is 144 cm³/mol. The molecule has 36 heavy (non-hydrogen) atoms. The van der Waals surface area contributed by atoms with Crippen molar-refractivity contribution in [3.8, 4) is 5.75 Å². The molecule has 0 aliphatic rings. The Morgan fingerprint density at radius 3 is 2.22 bits per heavy atom. The molecule has 0 heterocycles. The van der Waals surface area contributed by atoms with Gasteiger partial charge in [0.2, 0.25) is 21.8 Å². The molecule has 1 N–H and O–H groups in total. The van der Waals surface area contributed by atoms with E-state index in [1.807, 2.05) is 13.8 Å². The predicted octanol–water partition coefficient (Wildman–Crippen LogP) is 4.35. The van der Waals surface area contributed by atoms with E-state index in [1.54, 1.807) is 31.2 Å². The van der Waals surface area contributed by atoms with Crippen molar-refractivity contribution in [3.63, 3.8) is 0 Å². The number of carbonyl (C=O) groups excluding carboxylic acids is 2. The van der Waals surface area contributed by atoms with Crippen LogP contribution in [0.1, 0.15) is 32.8 Å². The van der Waals surface area contributed by atoms with Gasteiger partial charge in [0.15, 0.2) is 0 Å². The van der Waals surface area contributed by atoms with E-state index in [4.69, 9.17) is 27.9 Å². The minimum Gasteiger partial charge on any atom is -0.495 e. The lowest BCUT2D eigenvalue weighted by Gasteiger charge is -2.33. The smallest absolute Gasteiger partial charge is 0.244 e. The third kappa shape index (κ3) is 8.28. The van der Waals surface area contributed by atoms with E-state index in [2.05, 4.69) is 5.32 Å². The molecule has 0 aliphatic heterocycles. The Labute approximate surface area is 223 Å². The fourth-order valence-corrected chi connectivity index (χ4v) is 4.77. The molecule has 1 atom stereocenters. The maximum absolute atomic E-state index is 13.7. The molecule has 11 heteroatoms. The molecule has 2 aromatic rings. The molecule has 0 saturated carbocycles. The molecule has 0 aromatic heterocycles. The van der Waals surface area contributed by atoms with Gasteiger partial charge in [-0.3, -0.25) is 13.9 Å². The Hall–Kier alpha value is -2.49. The Balaban J connectivity index is 2.44. The first-order chi connectivity index (χ1) is 16.9. The molecule has 2 rings (SSSR count). The highest BCUT2D eigenvalue weighted by atomic mass is 35.5. The Kier molecular flexibility index (Phi) is 10.9. The minimum absolute atomic E-state index is 0.102. The van der Waals surface area contributed by atoms with Crippen molar-refractivity contribution in [2.75, 3.05) is 30.8 Å². The number of rotatable bonds is 12. The third-order valence-electron chi connectivity index (χ3n) is 5.44. The zero-order chi connectivity index (χ0) is 27.0. The normalized spacial score (nSPS) is 12.2. The van der Waals surface area contributed by atoms with Crippen LogP contribution in [0.2, 0.25) is 10.0 Å². The highest BCUT2D eigenvalue weighted by Crippen LogP contribution is 2.30. The van der Waals surface area contributed by atoms with Crippen LogP contribution in [0.5, 0.6) is 5.75 Å². The fourth-order valence-electron chi connectivity index (χ4n) is 3.55. The monoisotopic (exact) mass is 557 g/mol. The lowest BCUT2D eigenvalue weighted by molar-refractivity contribution is -0.140. The van der Waals surface area contributed by atoms with Crippen LogP contribution in [0.4, 0.5) is 5.69 Å². The van der Waals surface area contributed by atoms with Crippen LogP contribution in [0.25, 0.3) is 0 Å². The van der Waals surface area contributed by atoms with Crippen molar-refractivity contribution in [1.82, 2.24) is 10.2 Å². The Morgan fingerprint density at radius 1 is 1.08 bits per heavy atom. The minimum atomic E-state index is -3.87. The van der Waals surface area contributed by atoms with Gasteiger partial charge in [0.25, 0.3) is 0 Å². The molecule has 0 fully saturated rings. The second-order valence-electron chi connectivity index (χ2n) is 8.80. The number of benzene rings is 2. The van der Waals surface area contributed by atoms with Crippen molar-refractivity contribution in [1.29, 1.82) is 0 Å². The van der Waals surface area contributed by atoms with Gasteiger partial charge >= 0.3 is 0 Å². The average molecular weight is 559 g/mol. The summed E-state index contributed by atoms with van der Waals surface area (Å²) < 4.78 is 31.5. The van der Waals surface area contributed by atoms with E-state index in [-0.39, 0.29) is 29.1 Å². The molecule has 8 nitrogen and oxygen atoms in total. The maximum atomic E-state index is 13.7. The molecule has 0 spiro atoms. The second kappa shape index (κ2) is 13.2. The molecule has 0 bridgehead atoms. The molecule has 0 aliphatic carbocycles. The summed E-state index contributed by atoms with van der Waals surface area (Å²) in [5.41, 5.74) is 0.960. The highest BCUT2D eigenvalue weighted by Gasteiger charge is 2.32. The number of amides is 2. The van der Waals surface area contributed by atoms with Crippen LogP contribution < -0.4 is 14.4 Å². The van der Waals surface area contributed by atoms with Gasteiger partial charge in [0.05, 0.1) is 24.1 Å². The van der Waals surface area contributed by atoms with Crippen molar-refractivity contribution in [2.24, 2.45) is 5.92 Å². The first-order valence-corrected chi connectivity index (χ1v) is 14.1. The Bertz CT molecular complexity index is 1160. The van der Waals surface area contributed by atoms with Gasteiger partial charge in [-0.15, -0.1) is 0 Å². The van der Waals surface area contributed by atoms with Crippen LogP contribution in [0.15, 0.2) is 42.5 Å². The summed E-state index contributed by atoms with van der Waals surface area (Å²) in [6.07, 6.45) is 1.35. The van der Waals surface area contributed by atoms with Gasteiger partial charge in [-0.25, -0.2) is 8.42 Å². The van der Waals surface area contributed by atoms with Gasteiger partial charge in [0, 0.05) is 18.1 Å². The summed E-state index contributed by atoms with van der Waals surface area (Å²) in [7, 11) is -2.42. The molecule has 198 valence electrons.